The topological polar surface area (TPSA) is 122 Å². The number of nitrogens with two attached hydrogens (primary N) is 1. The SMILES string of the molecule is CC(C(=O)O)N(CCNC(=O)OC(C)(C)C)C(N)=O. The second-order valence-corrected chi connectivity index (χ2v) is 4.97. The Kier molecular flexibility index (Phi) is 6.10. The lowest BCUT2D eigenvalue weighted by molar-refractivity contribution is -0.141. The van der Waals surface area contributed by atoms with Crippen molar-refractivity contribution < 1.29 is 24.2 Å². The fourth-order valence-electron chi connectivity index (χ4n) is 1.22. The van der Waals surface area contributed by atoms with Crippen molar-refractivity contribution in [3.63, 3.8) is 0 Å². The molecule has 19 heavy (non-hydrogen) atoms. The summed E-state index contributed by atoms with van der Waals surface area (Å²) in [4.78, 5) is 34.1. The lowest BCUT2D eigenvalue weighted by Gasteiger charge is -2.25. The molecule has 0 aliphatic carbocycles. The average Bonchev–Trinajstić information content (AvgIpc) is 2.20. The number of primary amides is 1. The highest BCUT2D eigenvalue weighted by Crippen LogP contribution is 2.06. The van der Waals surface area contributed by atoms with Crippen LogP contribution in [0.25, 0.3) is 0 Å². The van der Waals surface area contributed by atoms with Gasteiger partial charge in [-0.25, -0.2) is 14.4 Å². The molecule has 0 spiro atoms. The van der Waals surface area contributed by atoms with Gasteiger partial charge in [0.15, 0.2) is 0 Å². The number of urea groups is 1. The predicted octanol–water partition coefficient (Wildman–Crippen LogP) is 0.365. The van der Waals surface area contributed by atoms with Gasteiger partial charge in [0, 0.05) is 13.1 Å². The first-order valence-corrected chi connectivity index (χ1v) is 5.80. The van der Waals surface area contributed by atoms with Gasteiger partial charge in [-0.1, -0.05) is 0 Å². The van der Waals surface area contributed by atoms with Crippen LogP contribution in [0.4, 0.5) is 9.59 Å². The Morgan fingerprint density at radius 2 is 1.89 bits per heavy atom. The van der Waals surface area contributed by atoms with Gasteiger partial charge in [0.25, 0.3) is 0 Å². The number of hydrogen-bond acceptors (Lipinski definition) is 4. The number of alkyl carbamates (subject to hydrolysis) is 1. The Hall–Kier alpha value is -1.99. The highest BCUT2D eigenvalue weighted by Gasteiger charge is 2.23. The van der Waals surface area contributed by atoms with E-state index in [0.717, 1.165) is 4.90 Å². The zero-order valence-corrected chi connectivity index (χ0v) is 11.6. The van der Waals surface area contributed by atoms with Crippen LogP contribution in [-0.2, 0) is 9.53 Å². The van der Waals surface area contributed by atoms with Gasteiger partial charge in [0.2, 0.25) is 0 Å². The zero-order chi connectivity index (χ0) is 15.2. The van der Waals surface area contributed by atoms with Crippen molar-refractivity contribution in [1.82, 2.24) is 10.2 Å². The van der Waals surface area contributed by atoms with E-state index < -0.39 is 29.7 Å². The first kappa shape index (κ1) is 17.0. The van der Waals surface area contributed by atoms with Crippen LogP contribution in [0.1, 0.15) is 27.7 Å². The molecule has 0 rings (SSSR count). The van der Waals surface area contributed by atoms with Crippen molar-refractivity contribution in [3.8, 4) is 0 Å². The number of amides is 3. The fourth-order valence-corrected chi connectivity index (χ4v) is 1.22. The minimum absolute atomic E-state index is 0.0119. The van der Waals surface area contributed by atoms with Crippen LogP contribution in [0.15, 0.2) is 0 Å². The quantitative estimate of drug-likeness (QED) is 0.669. The van der Waals surface area contributed by atoms with E-state index in [9.17, 15) is 14.4 Å². The van der Waals surface area contributed by atoms with Crippen molar-refractivity contribution >= 4 is 18.1 Å². The lowest BCUT2D eigenvalue weighted by Crippen LogP contribution is -2.49. The van der Waals surface area contributed by atoms with Crippen molar-refractivity contribution in [2.45, 2.75) is 39.3 Å². The molecule has 0 saturated carbocycles. The molecule has 0 aromatic carbocycles. The standard InChI is InChI=1S/C11H21N3O5/c1-7(8(15)16)14(9(12)17)6-5-13-10(18)19-11(2,3)4/h7H,5-6H2,1-4H3,(H2,12,17)(H,13,18)(H,15,16). The number of carbonyl (C=O) groups is 3. The highest BCUT2D eigenvalue weighted by atomic mass is 16.6. The van der Waals surface area contributed by atoms with Crippen LogP contribution in [0.5, 0.6) is 0 Å². The van der Waals surface area contributed by atoms with Gasteiger partial charge >= 0.3 is 18.1 Å². The summed E-state index contributed by atoms with van der Waals surface area (Å²) in [6, 6.07) is -1.92. The number of nitrogens with zero attached hydrogens (tertiary/aromatic N) is 1. The van der Waals surface area contributed by atoms with Crippen LogP contribution in [0, 0.1) is 0 Å². The normalized spacial score (nSPS) is 12.4. The molecule has 0 aliphatic rings. The van der Waals surface area contributed by atoms with Gasteiger partial charge in [-0.3, -0.25) is 0 Å². The molecule has 0 aliphatic heterocycles. The summed E-state index contributed by atoms with van der Waals surface area (Å²) in [6.45, 7) is 6.52. The maximum Gasteiger partial charge on any atom is 0.407 e. The summed E-state index contributed by atoms with van der Waals surface area (Å²) >= 11 is 0. The summed E-state index contributed by atoms with van der Waals surface area (Å²) in [7, 11) is 0. The lowest BCUT2D eigenvalue weighted by atomic mass is 10.2. The maximum absolute atomic E-state index is 11.3. The van der Waals surface area contributed by atoms with Gasteiger partial charge < -0.3 is 25.8 Å². The van der Waals surface area contributed by atoms with Gasteiger partial charge in [0.1, 0.15) is 11.6 Å². The van der Waals surface area contributed by atoms with Crippen LogP contribution in [0.2, 0.25) is 0 Å². The molecule has 0 bridgehead atoms. The molecule has 110 valence electrons. The second-order valence-electron chi connectivity index (χ2n) is 4.97. The van der Waals surface area contributed by atoms with E-state index in [-0.39, 0.29) is 13.1 Å². The molecule has 0 heterocycles. The van der Waals surface area contributed by atoms with Crippen molar-refractivity contribution in [2.75, 3.05) is 13.1 Å². The van der Waals surface area contributed by atoms with Crippen LogP contribution >= 0.6 is 0 Å². The first-order valence-electron chi connectivity index (χ1n) is 5.80. The van der Waals surface area contributed by atoms with Crippen molar-refractivity contribution in [1.29, 1.82) is 0 Å². The third-order valence-electron chi connectivity index (χ3n) is 2.13. The van der Waals surface area contributed by atoms with E-state index in [4.69, 9.17) is 15.6 Å². The molecule has 0 radical (unpaired) electrons. The molecule has 8 heteroatoms. The minimum atomic E-state index is -1.17. The average molecular weight is 275 g/mol. The van der Waals surface area contributed by atoms with Crippen LogP contribution in [-0.4, -0.2) is 52.8 Å². The maximum atomic E-state index is 11.3. The number of carboxylic acid groups (broad SMARTS) is 1. The number of nitrogens with one attached hydrogen (secondary N) is 1. The van der Waals surface area contributed by atoms with E-state index in [1.165, 1.54) is 6.92 Å². The Morgan fingerprint density at radius 3 is 2.26 bits per heavy atom. The Bertz CT molecular complexity index is 351. The molecule has 0 aromatic heterocycles. The number of hydrogen-bond donors (Lipinski definition) is 3. The van der Waals surface area contributed by atoms with Crippen LogP contribution in [0.3, 0.4) is 0 Å². The third-order valence-corrected chi connectivity index (χ3v) is 2.13. The molecule has 1 unspecified atom stereocenters. The molecule has 0 aromatic rings. The Balaban J connectivity index is 4.25. The zero-order valence-electron chi connectivity index (χ0n) is 11.6. The van der Waals surface area contributed by atoms with E-state index in [1.54, 1.807) is 20.8 Å². The molecule has 4 N–H and O–H groups in total. The molecular weight excluding hydrogens is 254 g/mol. The smallest absolute Gasteiger partial charge is 0.407 e. The molecule has 0 fully saturated rings. The van der Waals surface area contributed by atoms with Gasteiger partial charge in [-0.05, 0) is 27.7 Å². The van der Waals surface area contributed by atoms with Gasteiger partial charge in [-0.2, -0.15) is 0 Å². The van der Waals surface area contributed by atoms with Gasteiger partial charge in [-0.15, -0.1) is 0 Å². The van der Waals surface area contributed by atoms with Crippen LogP contribution < -0.4 is 11.1 Å². The summed E-state index contributed by atoms with van der Waals surface area (Å²) in [6.07, 6.45) is -0.639. The summed E-state index contributed by atoms with van der Waals surface area (Å²) in [5, 5.41) is 11.2. The third kappa shape index (κ3) is 7.12. The Morgan fingerprint density at radius 1 is 1.37 bits per heavy atom. The first-order chi connectivity index (χ1) is 8.54. The minimum Gasteiger partial charge on any atom is -0.480 e. The van der Waals surface area contributed by atoms with E-state index in [2.05, 4.69) is 5.32 Å². The largest absolute Gasteiger partial charge is 0.480 e. The van der Waals surface area contributed by atoms with E-state index in [1.807, 2.05) is 0 Å². The van der Waals surface area contributed by atoms with E-state index in [0.29, 0.717) is 0 Å². The predicted molar refractivity (Wildman–Crippen MR) is 67.6 cm³/mol. The molecule has 8 nitrogen and oxygen atoms in total. The fraction of sp³-hybridized carbons (Fsp3) is 0.727. The monoisotopic (exact) mass is 275 g/mol. The number of aliphatic carboxylic acids is 1. The van der Waals surface area contributed by atoms with Crippen molar-refractivity contribution in [2.24, 2.45) is 5.73 Å². The Labute approximate surface area is 111 Å². The summed E-state index contributed by atoms with van der Waals surface area (Å²) in [5.74, 6) is -1.17. The number of carboxylic acids is 1. The molecular formula is C11H21N3O5. The molecule has 1 atom stereocenters. The second kappa shape index (κ2) is 6.81. The number of rotatable bonds is 5. The number of carbonyl (C=O) groups excluding carboxylic acids is 2. The summed E-state index contributed by atoms with van der Waals surface area (Å²) in [5.41, 5.74) is 4.45. The summed E-state index contributed by atoms with van der Waals surface area (Å²) < 4.78 is 4.99. The van der Waals surface area contributed by atoms with E-state index >= 15 is 0 Å². The van der Waals surface area contributed by atoms with Crippen molar-refractivity contribution in [3.05, 3.63) is 0 Å². The van der Waals surface area contributed by atoms with Gasteiger partial charge in [0.05, 0.1) is 0 Å². The number of ether oxygens (including phenoxy) is 1. The molecule has 0 saturated heterocycles. The molecule has 3 amide bonds. The highest BCUT2D eigenvalue weighted by molar-refractivity contribution is 5.81.